The molecule has 0 atom stereocenters. The van der Waals surface area contributed by atoms with Gasteiger partial charge in [-0.25, -0.2) is 4.39 Å². The van der Waals surface area contributed by atoms with Gasteiger partial charge in [0.1, 0.15) is 5.82 Å². The number of nitrogens with one attached hydrogen (secondary N) is 2. The van der Waals surface area contributed by atoms with Crippen molar-refractivity contribution >= 4 is 28.7 Å². The van der Waals surface area contributed by atoms with E-state index in [1.807, 2.05) is 26.0 Å². The predicted molar refractivity (Wildman–Crippen MR) is 98.5 cm³/mol. The predicted octanol–water partition coefficient (Wildman–Crippen LogP) is 4.54. The first-order valence-corrected chi connectivity index (χ1v) is 7.87. The van der Waals surface area contributed by atoms with Crippen LogP contribution in [0, 0.1) is 19.7 Å². The molecule has 5 heteroatoms. The Morgan fingerprint density at radius 2 is 1.83 bits per heavy atom. The summed E-state index contributed by atoms with van der Waals surface area (Å²) in [5.41, 5.74) is 7.84. The van der Waals surface area contributed by atoms with Gasteiger partial charge in [-0.1, -0.05) is 31.2 Å². The molecule has 2 aromatic carbocycles. The molecule has 0 aliphatic carbocycles. The van der Waals surface area contributed by atoms with E-state index in [-0.39, 0.29) is 5.82 Å². The Hall–Kier alpha value is -2.27. The smallest absolute Gasteiger partial charge is 0.191 e. The topological polar surface area (TPSA) is 36.4 Å². The third-order valence-corrected chi connectivity index (χ3v) is 3.85. The molecule has 0 bridgehead atoms. The zero-order valence-electron chi connectivity index (χ0n) is 13.5. The maximum atomic E-state index is 13.0. The van der Waals surface area contributed by atoms with Crippen LogP contribution in [-0.4, -0.2) is 10.8 Å². The van der Waals surface area contributed by atoms with Gasteiger partial charge in [-0.3, -0.25) is 5.43 Å². The number of hydrogen-bond donors (Lipinski definition) is 2. The molecule has 0 unspecified atom stereocenters. The maximum Gasteiger partial charge on any atom is 0.191 e. The monoisotopic (exact) mass is 329 g/mol. The lowest BCUT2D eigenvalue weighted by molar-refractivity contribution is 0.627. The molecule has 0 aromatic heterocycles. The SMILES string of the molecule is CC/C(=N/NC(=S)Nc1cccc(C)c1C)c1ccc(F)cc1. The molecule has 2 rings (SSSR count). The summed E-state index contributed by atoms with van der Waals surface area (Å²) in [7, 11) is 0. The molecule has 0 aliphatic heterocycles. The highest BCUT2D eigenvalue weighted by Gasteiger charge is 2.04. The average Bonchev–Trinajstić information content (AvgIpc) is 2.54. The van der Waals surface area contributed by atoms with Crippen LogP contribution >= 0.6 is 12.2 Å². The average molecular weight is 329 g/mol. The number of rotatable bonds is 4. The summed E-state index contributed by atoms with van der Waals surface area (Å²) in [6.45, 7) is 6.09. The van der Waals surface area contributed by atoms with Gasteiger partial charge in [0.2, 0.25) is 0 Å². The van der Waals surface area contributed by atoms with Crippen LogP contribution in [0.1, 0.15) is 30.0 Å². The van der Waals surface area contributed by atoms with Gasteiger partial charge >= 0.3 is 0 Å². The minimum absolute atomic E-state index is 0.260. The fraction of sp³-hybridized carbons (Fsp3) is 0.222. The Morgan fingerprint density at radius 1 is 1.13 bits per heavy atom. The van der Waals surface area contributed by atoms with E-state index >= 15 is 0 Å². The first-order valence-electron chi connectivity index (χ1n) is 7.47. The van der Waals surface area contributed by atoms with Crippen molar-refractivity contribution in [1.82, 2.24) is 5.43 Å². The van der Waals surface area contributed by atoms with Crippen LogP contribution in [0.5, 0.6) is 0 Å². The van der Waals surface area contributed by atoms with Crippen molar-refractivity contribution < 1.29 is 4.39 Å². The van der Waals surface area contributed by atoms with Gasteiger partial charge in [-0.15, -0.1) is 0 Å². The third kappa shape index (κ3) is 4.60. The van der Waals surface area contributed by atoms with E-state index in [1.54, 1.807) is 12.1 Å². The van der Waals surface area contributed by atoms with Crippen LogP contribution in [0.25, 0.3) is 0 Å². The lowest BCUT2D eigenvalue weighted by Gasteiger charge is -2.12. The zero-order valence-corrected chi connectivity index (χ0v) is 14.3. The van der Waals surface area contributed by atoms with Crippen LogP contribution in [0.4, 0.5) is 10.1 Å². The van der Waals surface area contributed by atoms with Gasteiger partial charge in [0.05, 0.1) is 5.71 Å². The van der Waals surface area contributed by atoms with Gasteiger partial charge in [-0.2, -0.15) is 5.10 Å². The highest BCUT2D eigenvalue weighted by molar-refractivity contribution is 7.80. The number of halogens is 1. The second-order valence-corrected chi connectivity index (χ2v) is 5.64. The fourth-order valence-corrected chi connectivity index (χ4v) is 2.30. The third-order valence-electron chi connectivity index (χ3n) is 3.66. The van der Waals surface area contributed by atoms with Crippen molar-refractivity contribution in [3.05, 3.63) is 65.0 Å². The summed E-state index contributed by atoms with van der Waals surface area (Å²) < 4.78 is 13.0. The molecule has 0 heterocycles. The van der Waals surface area contributed by atoms with Crippen LogP contribution in [0.15, 0.2) is 47.6 Å². The van der Waals surface area contributed by atoms with Gasteiger partial charge in [0, 0.05) is 5.69 Å². The summed E-state index contributed by atoms with van der Waals surface area (Å²) in [4.78, 5) is 0. The molecule has 2 aromatic rings. The molecule has 23 heavy (non-hydrogen) atoms. The van der Waals surface area contributed by atoms with E-state index in [4.69, 9.17) is 12.2 Å². The molecule has 120 valence electrons. The molecular formula is C18H20FN3S. The van der Waals surface area contributed by atoms with E-state index in [2.05, 4.69) is 28.8 Å². The van der Waals surface area contributed by atoms with Gasteiger partial charge < -0.3 is 5.32 Å². The van der Waals surface area contributed by atoms with Crippen molar-refractivity contribution in [3.63, 3.8) is 0 Å². The summed E-state index contributed by atoms with van der Waals surface area (Å²) >= 11 is 5.29. The number of nitrogens with zero attached hydrogens (tertiary/aromatic N) is 1. The summed E-state index contributed by atoms with van der Waals surface area (Å²) in [6, 6.07) is 12.3. The molecular weight excluding hydrogens is 309 g/mol. The molecule has 0 amide bonds. The van der Waals surface area contributed by atoms with Gasteiger partial charge in [0.25, 0.3) is 0 Å². The molecule has 0 fully saturated rings. The molecule has 0 saturated carbocycles. The fourth-order valence-electron chi connectivity index (χ4n) is 2.15. The standard InChI is InChI=1S/C18H20FN3S/c1-4-16(14-8-10-15(19)11-9-14)21-22-18(23)20-17-7-5-6-12(2)13(17)3/h5-11H,4H2,1-3H3,(H2,20,22,23)/b21-16-. The number of hydrazone groups is 1. The first kappa shape index (κ1) is 17.1. The van der Waals surface area contributed by atoms with Gasteiger partial charge in [0.15, 0.2) is 5.11 Å². The zero-order chi connectivity index (χ0) is 16.8. The van der Waals surface area contributed by atoms with E-state index < -0.39 is 0 Å². The van der Waals surface area contributed by atoms with Crippen LogP contribution < -0.4 is 10.7 Å². The first-order chi connectivity index (χ1) is 11.0. The van der Waals surface area contributed by atoms with Crippen molar-refractivity contribution in [3.8, 4) is 0 Å². The minimum Gasteiger partial charge on any atom is -0.331 e. The minimum atomic E-state index is -0.260. The van der Waals surface area contributed by atoms with E-state index in [1.165, 1.54) is 17.7 Å². The highest BCUT2D eigenvalue weighted by Crippen LogP contribution is 2.17. The second kappa shape index (κ2) is 7.83. The number of hydrogen-bond acceptors (Lipinski definition) is 2. The van der Waals surface area contributed by atoms with Crippen molar-refractivity contribution in [2.24, 2.45) is 5.10 Å². The number of thiocarbonyl (C=S) groups is 1. The largest absolute Gasteiger partial charge is 0.331 e. The van der Waals surface area contributed by atoms with E-state index in [0.29, 0.717) is 11.5 Å². The van der Waals surface area contributed by atoms with Crippen molar-refractivity contribution in [2.45, 2.75) is 27.2 Å². The molecule has 0 spiro atoms. The summed E-state index contributed by atoms with van der Waals surface area (Å²) in [5.74, 6) is -0.260. The Morgan fingerprint density at radius 3 is 2.48 bits per heavy atom. The van der Waals surface area contributed by atoms with Crippen LogP contribution in [0.3, 0.4) is 0 Å². The van der Waals surface area contributed by atoms with E-state index in [0.717, 1.165) is 22.5 Å². The quantitative estimate of drug-likeness (QED) is 0.491. The highest BCUT2D eigenvalue weighted by atomic mass is 32.1. The molecule has 3 nitrogen and oxygen atoms in total. The number of aryl methyl sites for hydroxylation is 1. The lowest BCUT2D eigenvalue weighted by atomic mass is 10.1. The Kier molecular flexibility index (Phi) is 5.82. The lowest BCUT2D eigenvalue weighted by Crippen LogP contribution is -2.25. The number of anilines is 1. The molecule has 0 aliphatic rings. The van der Waals surface area contributed by atoms with Crippen molar-refractivity contribution in [1.29, 1.82) is 0 Å². The maximum absolute atomic E-state index is 13.0. The van der Waals surface area contributed by atoms with Crippen LogP contribution in [-0.2, 0) is 0 Å². The van der Waals surface area contributed by atoms with Crippen molar-refractivity contribution in [2.75, 3.05) is 5.32 Å². The molecule has 0 radical (unpaired) electrons. The Labute approximate surface area is 141 Å². The summed E-state index contributed by atoms with van der Waals surface area (Å²) in [5, 5.41) is 7.90. The number of benzene rings is 2. The molecule has 0 saturated heterocycles. The Balaban J connectivity index is 2.06. The summed E-state index contributed by atoms with van der Waals surface area (Å²) in [6.07, 6.45) is 0.713. The van der Waals surface area contributed by atoms with Gasteiger partial charge in [-0.05, 0) is 67.4 Å². The van der Waals surface area contributed by atoms with E-state index in [9.17, 15) is 4.39 Å². The molecule has 2 N–H and O–H groups in total. The Bertz CT molecular complexity index is 724. The van der Waals surface area contributed by atoms with Crippen LogP contribution in [0.2, 0.25) is 0 Å². The normalized spacial score (nSPS) is 11.2. The second-order valence-electron chi connectivity index (χ2n) is 5.23.